The molecule has 142 valence electrons. The van der Waals surface area contributed by atoms with E-state index in [0.29, 0.717) is 19.0 Å². The van der Waals surface area contributed by atoms with Crippen LogP contribution in [0, 0.1) is 0 Å². The Morgan fingerprint density at radius 1 is 1.33 bits per heavy atom. The average molecular weight is 390 g/mol. The number of benzene rings is 1. The van der Waals surface area contributed by atoms with E-state index in [-0.39, 0.29) is 29.2 Å². The van der Waals surface area contributed by atoms with Crippen LogP contribution in [0.3, 0.4) is 0 Å². The van der Waals surface area contributed by atoms with Gasteiger partial charge in [0.1, 0.15) is 6.04 Å². The summed E-state index contributed by atoms with van der Waals surface area (Å²) in [6.07, 6.45) is -0.183. The van der Waals surface area contributed by atoms with Crippen molar-refractivity contribution in [1.82, 2.24) is 20.4 Å². The molecule has 2 heterocycles. The number of carbonyl (C=O) groups is 3. The molecule has 1 N–H and O–H groups in total. The molecule has 1 fully saturated rings. The van der Waals surface area contributed by atoms with Gasteiger partial charge in [-0.05, 0) is 12.1 Å². The molecule has 1 atom stereocenters. The number of hydrogen-bond acceptors (Lipinski definition) is 8. The van der Waals surface area contributed by atoms with Gasteiger partial charge in [-0.3, -0.25) is 14.4 Å². The third-order valence-corrected chi connectivity index (χ3v) is 4.79. The summed E-state index contributed by atoms with van der Waals surface area (Å²) in [6.45, 7) is 0.664. The molecule has 27 heavy (non-hydrogen) atoms. The molecule has 2 amide bonds. The first kappa shape index (κ1) is 18.9. The van der Waals surface area contributed by atoms with Gasteiger partial charge in [-0.1, -0.05) is 30.0 Å². The number of piperazine rings is 1. The maximum atomic E-state index is 12.6. The first-order chi connectivity index (χ1) is 13.1. The molecule has 0 radical (unpaired) electrons. The van der Waals surface area contributed by atoms with Crippen LogP contribution in [0.15, 0.2) is 40.0 Å². The summed E-state index contributed by atoms with van der Waals surface area (Å²) >= 11 is 1.09. The number of nitrogens with one attached hydrogen (secondary N) is 1. The quantitative estimate of drug-likeness (QED) is 0.567. The predicted molar refractivity (Wildman–Crippen MR) is 95.6 cm³/mol. The summed E-state index contributed by atoms with van der Waals surface area (Å²) in [4.78, 5) is 37.5. The molecule has 1 aromatic heterocycles. The summed E-state index contributed by atoms with van der Waals surface area (Å²) < 4.78 is 10.2. The first-order valence-corrected chi connectivity index (χ1v) is 9.22. The largest absolute Gasteiger partial charge is 0.469 e. The Bertz CT molecular complexity index is 826. The molecule has 1 unspecified atom stereocenters. The molecule has 1 saturated heterocycles. The lowest BCUT2D eigenvalue weighted by atomic mass is 10.1. The summed E-state index contributed by atoms with van der Waals surface area (Å²) in [5.74, 6) is -0.822. The molecule has 0 saturated carbocycles. The van der Waals surface area contributed by atoms with Crippen molar-refractivity contribution >= 4 is 29.5 Å². The van der Waals surface area contributed by atoms with E-state index in [9.17, 15) is 14.4 Å². The summed E-state index contributed by atoms with van der Waals surface area (Å²) in [7, 11) is 1.24. The highest BCUT2D eigenvalue weighted by Gasteiger charge is 2.35. The molecule has 1 aromatic carbocycles. The molecule has 1 aliphatic rings. The van der Waals surface area contributed by atoms with E-state index < -0.39 is 12.0 Å². The predicted octanol–water partition coefficient (Wildman–Crippen LogP) is 0.719. The van der Waals surface area contributed by atoms with Gasteiger partial charge in [0.25, 0.3) is 5.22 Å². The third kappa shape index (κ3) is 4.64. The van der Waals surface area contributed by atoms with Crippen LogP contribution in [0.5, 0.6) is 0 Å². The van der Waals surface area contributed by atoms with Gasteiger partial charge in [-0.2, -0.15) is 0 Å². The van der Waals surface area contributed by atoms with Crippen LogP contribution >= 0.6 is 11.8 Å². The van der Waals surface area contributed by atoms with Crippen molar-refractivity contribution < 1.29 is 23.5 Å². The number of methoxy groups -OCH3 is 1. The van der Waals surface area contributed by atoms with Crippen LogP contribution in [0.25, 0.3) is 11.5 Å². The van der Waals surface area contributed by atoms with E-state index >= 15 is 0 Å². The Hall–Kier alpha value is -2.88. The highest BCUT2D eigenvalue weighted by atomic mass is 32.2. The fraction of sp³-hybridized carbons (Fsp3) is 0.353. The minimum atomic E-state index is -0.873. The van der Waals surface area contributed by atoms with Crippen molar-refractivity contribution in [2.75, 3.05) is 26.0 Å². The normalized spacial score (nSPS) is 16.7. The van der Waals surface area contributed by atoms with E-state index in [2.05, 4.69) is 20.3 Å². The number of ether oxygens (including phenoxy) is 1. The number of thioether (sulfide) groups is 1. The van der Waals surface area contributed by atoms with Gasteiger partial charge in [-0.25, -0.2) is 0 Å². The van der Waals surface area contributed by atoms with Gasteiger partial charge < -0.3 is 19.4 Å². The monoisotopic (exact) mass is 390 g/mol. The van der Waals surface area contributed by atoms with Crippen LogP contribution in [-0.2, 0) is 19.1 Å². The SMILES string of the molecule is COC(=O)CC1C(=O)NCCN1C(=O)CSc1nnc(-c2ccccc2)o1. The lowest BCUT2D eigenvalue weighted by molar-refractivity contribution is -0.149. The fourth-order valence-electron chi connectivity index (χ4n) is 2.63. The molecule has 10 heteroatoms. The minimum absolute atomic E-state index is 0.0153. The Balaban J connectivity index is 1.61. The Morgan fingerprint density at radius 2 is 2.11 bits per heavy atom. The van der Waals surface area contributed by atoms with Crippen LogP contribution in [0.1, 0.15) is 6.42 Å². The van der Waals surface area contributed by atoms with Crippen LogP contribution in [-0.4, -0.2) is 64.9 Å². The second kappa shape index (κ2) is 8.67. The lowest BCUT2D eigenvalue weighted by Crippen LogP contribution is -2.58. The summed E-state index contributed by atoms with van der Waals surface area (Å²) in [6, 6.07) is 8.42. The van der Waals surface area contributed by atoms with Crippen LogP contribution in [0.4, 0.5) is 0 Å². The number of hydrogen-bond donors (Lipinski definition) is 1. The van der Waals surface area contributed by atoms with Crippen molar-refractivity contribution in [3.05, 3.63) is 30.3 Å². The van der Waals surface area contributed by atoms with Gasteiger partial charge >= 0.3 is 5.97 Å². The second-order valence-corrected chi connectivity index (χ2v) is 6.63. The Kier molecular flexibility index (Phi) is 6.07. The zero-order valence-corrected chi connectivity index (χ0v) is 15.4. The first-order valence-electron chi connectivity index (χ1n) is 8.24. The standard InChI is InChI=1S/C17H18N4O5S/c1-25-14(23)9-12-15(24)18-7-8-21(12)13(22)10-27-17-20-19-16(26-17)11-5-3-2-4-6-11/h2-6,12H,7-10H2,1H3,(H,18,24). The van der Waals surface area contributed by atoms with Gasteiger partial charge in [-0.15, -0.1) is 10.2 Å². The van der Waals surface area contributed by atoms with E-state index in [4.69, 9.17) is 4.42 Å². The Morgan fingerprint density at radius 3 is 2.85 bits per heavy atom. The van der Waals surface area contributed by atoms with Crippen LogP contribution in [0.2, 0.25) is 0 Å². The van der Waals surface area contributed by atoms with E-state index in [1.165, 1.54) is 12.0 Å². The highest BCUT2D eigenvalue weighted by molar-refractivity contribution is 7.99. The topological polar surface area (TPSA) is 115 Å². The maximum absolute atomic E-state index is 12.6. The average Bonchev–Trinajstić information content (AvgIpc) is 3.17. The van der Waals surface area contributed by atoms with E-state index in [1.807, 2.05) is 30.3 Å². The molecular formula is C17H18N4O5S. The zero-order valence-electron chi connectivity index (χ0n) is 14.6. The minimum Gasteiger partial charge on any atom is -0.469 e. The number of carbonyl (C=O) groups excluding carboxylic acids is 3. The number of aromatic nitrogens is 2. The lowest BCUT2D eigenvalue weighted by Gasteiger charge is -2.34. The number of esters is 1. The van der Waals surface area contributed by atoms with Crippen molar-refractivity contribution in [2.24, 2.45) is 0 Å². The zero-order chi connectivity index (χ0) is 19.2. The van der Waals surface area contributed by atoms with Crippen molar-refractivity contribution in [1.29, 1.82) is 0 Å². The molecule has 1 aliphatic heterocycles. The fourth-order valence-corrected chi connectivity index (χ4v) is 3.28. The third-order valence-electron chi connectivity index (χ3n) is 3.99. The summed E-state index contributed by atoms with van der Waals surface area (Å²) in [5.41, 5.74) is 0.786. The van der Waals surface area contributed by atoms with Crippen molar-refractivity contribution in [3.8, 4) is 11.5 Å². The van der Waals surface area contributed by atoms with Gasteiger partial charge in [0.2, 0.25) is 17.7 Å². The molecule has 9 nitrogen and oxygen atoms in total. The van der Waals surface area contributed by atoms with E-state index in [1.54, 1.807) is 0 Å². The van der Waals surface area contributed by atoms with Crippen molar-refractivity contribution in [3.63, 3.8) is 0 Å². The maximum Gasteiger partial charge on any atom is 0.308 e. The van der Waals surface area contributed by atoms with Crippen molar-refractivity contribution in [2.45, 2.75) is 17.7 Å². The van der Waals surface area contributed by atoms with Gasteiger partial charge in [0.05, 0.1) is 19.3 Å². The van der Waals surface area contributed by atoms with Crippen LogP contribution < -0.4 is 5.32 Å². The van der Waals surface area contributed by atoms with E-state index in [0.717, 1.165) is 17.3 Å². The van der Waals surface area contributed by atoms with Gasteiger partial charge in [0, 0.05) is 18.7 Å². The molecule has 0 aliphatic carbocycles. The highest BCUT2D eigenvalue weighted by Crippen LogP contribution is 2.23. The Labute approximate surface area is 159 Å². The molecule has 0 bridgehead atoms. The number of amides is 2. The molecular weight excluding hydrogens is 372 g/mol. The smallest absolute Gasteiger partial charge is 0.308 e. The second-order valence-electron chi connectivity index (χ2n) is 5.70. The number of rotatable bonds is 6. The molecule has 3 rings (SSSR count). The number of nitrogens with zero attached hydrogens (tertiary/aromatic N) is 3. The molecule has 2 aromatic rings. The summed E-state index contributed by atoms with van der Waals surface area (Å²) in [5, 5.41) is 10.8. The van der Waals surface area contributed by atoms with Gasteiger partial charge in [0.15, 0.2) is 0 Å². The molecule has 0 spiro atoms.